The van der Waals surface area contributed by atoms with Crippen LogP contribution in [0, 0.1) is 11.8 Å². The summed E-state index contributed by atoms with van der Waals surface area (Å²) in [7, 11) is 0. The highest BCUT2D eigenvalue weighted by molar-refractivity contribution is 7.98. The van der Waals surface area contributed by atoms with E-state index in [1.54, 1.807) is 44.2 Å². The summed E-state index contributed by atoms with van der Waals surface area (Å²) < 4.78 is 0. The number of benzene rings is 1. The monoisotopic (exact) mass is 820 g/mol. The van der Waals surface area contributed by atoms with Gasteiger partial charge in [0, 0.05) is 13.3 Å². The number of amides is 7. The zero-order valence-electron chi connectivity index (χ0n) is 34.3. The summed E-state index contributed by atoms with van der Waals surface area (Å²) in [6.07, 6.45) is 4.51. The van der Waals surface area contributed by atoms with E-state index in [9.17, 15) is 43.5 Å². The zero-order valence-corrected chi connectivity index (χ0v) is 35.1. The number of unbranched alkanes of at least 4 members (excludes halogenated alkanes) is 1. The van der Waals surface area contributed by atoms with Gasteiger partial charge >= 0.3 is 5.97 Å². The van der Waals surface area contributed by atoms with Crippen LogP contribution in [-0.4, -0.2) is 114 Å². The first-order valence-electron chi connectivity index (χ1n) is 19.5. The van der Waals surface area contributed by atoms with E-state index in [0.29, 0.717) is 50.0 Å². The molecule has 0 aromatic heterocycles. The Morgan fingerprint density at radius 3 is 1.77 bits per heavy atom. The lowest BCUT2D eigenvalue weighted by Crippen LogP contribution is -2.60. The molecule has 1 rings (SSSR count). The van der Waals surface area contributed by atoms with E-state index in [2.05, 4.69) is 37.2 Å². The van der Waals surface area contributed by atoms with Crippen molar-refractivity contribution in [2.24, 2.45) is 17.6 Å². The topological polar surface area (TPSA) is 267 Å². The van der Waals surface area contributed by atoms with Gasteiger partial charge in [0.2, 0.25) is 41.4 Å². The van der Waals surface area contributed by atoms with Crippen LogP contribution >= 0.6 is 11.8 Å². The number of carboxylic acids is 1. The molecule has 0 spiro atoms. The normalized spacial score (nSPS) is 15.2. The second-order valence-corrected chi connectivity index (χ2v) is 15.2. The lowest BCUT2D eigenvalue weighted by molar-refractivity contribution is -0.142. The van der Waals surface area contributed by atoms with Gasteiger partial charge in [-0.3, -0.25) is 33.6 Å². The van der Waals surface area contributed by atoms with E-state index >= 15 is 0 Å². The summed E-state index contributed by atoms with van der Waals surface area (Å²) in [6, 6.07) is 2.39. The van der Waals surface area contributed by atoms with Crippen LogP contribution in [0.3, 0.4) is 0 Å². The molecule has 0 bridgehead atoms. The molecule has 0 aliphatic rings. The Labute approximate surface area is 340 Å². The fraction of sp³-hybridized carbons (Fsp3) is 0.641. The maximum atomic E-state index is 13.8. The number of hydrogen-bond donors (Lipinski definition) is 9. The zero-order chi connectivity index (χ0) is 43.1. The predicted molar refractivity (Wildman–Crippen MR) is 219 cm³/mol. The molecular weight excluding hydrogens is 757 g/mol. The average Bonchev–Trinajstić information content (AvgIpc) is 3.18. The van der Waals surface area contributed by atoms with E-state index in [1.807, 2.05) is 20.1 Å². The van der Waals surface area contributed by atoms with Crippen molar-refractivity contribution in [1.29, 1.82) is 0 Å². The second-order valence-electron chi connectivity index (χ2n) is 14.2. The summed E-state index contributed by atoms with van der Waals surface area (Å²) in [5.74, 6) is -5.69. The van der Waals surface area contributed by atoms with Crippen LogP contribution in [0.2, 0.25) is 0 Å². The second kappa shape index (κ2) is 27.0. The molecule has 0 aliphatic heterocycles. The van der Waals surface area contributed by atoms with Gasteiger partial charge in [0.05, 0.1) is 6.54 Å². The Balaban J connectivity index is 3.08. The number of aliphatic carboxylic acids is 1. The third-order valence-corrected chi connectivity index (χ3v) is 10.2. The van der Waals surface area contributed by atoms with Gasteiger partial charge < -0.3 is 48.1 Å². The quantitative estimate of drug-likeness (QED) is 0.0547. The van der Waals surface area contributed by atoms with Gasteiger partial charge in [0.25, 0.3) is 0 Å². The molecular formula is C39H64N8O9S. The first-order chi connectivity index (χ1) is 27.0. The molecule has 0 radical (unpaired) electrons. The summed E-state index contributed by atoms with van der Waals surface area (Å²) >= 11 is 1.51. The predicted octanol–water partition coefficient (Wildman–Crippen LogP) is 0.353. The Bertz CT molecular complexity index is 1480. The molecule has 0 aliphatic carbocycles. The van der Waals surface area contributed by atoms with Gasteiger partial charge in [-0.15, -0.1) is 0 Å². The molecule has 0 saturated carbocycles. The molecule has 0 saturated heterocycles. The highest BCUT2D eigenvalue weighted by Gasteiger charge is 2.34. The van der Waals surface area contributed by atoms with Crippen LogP contribution in [0.1, 0.15) is 85.6 Å². The Morgan fingerprint density at radius 2 is 1.25 bits per heavy atom. The Hall–Kier alpha value is -4.71. The number of carboxylic acid groups (broad SMARTS) is 1. The molecule has 18 heteroatoms. The largest absolute Gasteiger partial charge is 0.480 e. The maximum Gasteiger partial charge on any atom is 0.326 e. The van der Waals surface area contributed by atoms with Gasteiger partial charge in [-0.2, -0.15) is 11.8 Å². The van der Waals surface area contributed by atoms with Crippen molar-refractivity contribution in [3.8, 4) is 0 Å². The van der Waals surface area contributed by atoms with Crippen LogP contribution in [0.25, 0.3) is 0 Å². The van der Waals surface area contributed by atoms with Crippen molar-refractivity contribution in [2.75, 3.05) is 25.1 Å². The lowest BCUT2D eigenvalue weighted by Gasteiger charge is -2.28. The number of nitrogens with one attached hydrogen (secondary N) is 7. The third kappa shape index (κ3) is 18.9. The molecule has 0 fully saturated rings. The van der Waals surface area contributed by atoms with Gasteiger partial charge in [-0.05, 0) is 68.6 Å². The first kappa shape index (κ1) is 50.3. The molecule has 0 unspecified atom stereocenters. The highest BCUT2D eigenvalue weighted by Crippen LogP contribution is 2.13. The minimum Gasteiger partial charge on any atom is -0.480 e. The van der Waals surface area contributed by atoms with Crippen LogP contribution in [-0.2, 0) is 44.8 Å². The van der Waals surface area contributed by atoms with Crippen LogP contribution < -0.4 is 43.0 Å². The number of carbonyl (C=O) groups is 8. The van der Waals surface area contributed by atoms with Crippen molar-refractivity contribution >= 4 is 59.1 Å². The fourth-order valence-corrected chi connectivity index (χ4v) is 6.14. The molecule has 320 valence electrons. The molecule has 57 heavy (non-hydrogen) atoms. The number of nitrogens with two attached hydrogens (primary N) is 1. The van der Waals surface area contributed by atoms with E-state index in [0.717, 1.165) is 0 Å². The van der Waals surface area contributed by atoms with Gasteiger partial charge in [-0.1, -0.05) is 70.9 Å². The van der Waals surface area contributed by atoms with Crippen LogP contribution in [0.4, 0.5) is 0 Å². The summed E-state index contributed by atoms with van der Waals surface area (Å²) in [4.78, 5) is 104. The average molecular weight is 821 g/mol. The Morgan fingerprint density at radius 1 is 0.684 bits per heavy atom. The number of thioether (sulfide) groups is 1. The van der Waals surface area contributed by atoms with E-state index in [1.165, 1.54) is 25.6 Å². The van der Waals surface area contributed by atoms with Crippen molar-refractivity contribution in [1.82, 2.24) is 37.2 Å². The minimum absolute atomic E-state index is 0.0490. The van der Waals surface area contributed by atoms with Crippen LogP contribution in [0.15, 0.2) is 30.3 Å². The van der Waals surface area contributed by atoms with Crippen molar-refractivity contribution < 1.29 is 43.5 Å². The van der Waals surface area contributed by atoms with Gasteiger partial charge in [-0.25, -0.2) is 4.79 Å². The summed E-state index contributed by atoms with van der Waals surface area (Å²) in [6.45, 7) is 9.71. The standard InChI is InChI=1S/C39H64N8O9S/c1-8-23(3)32(37(53)44-29(39(55)56)17-13-14-19-40)46-31(49)22-41-34(50)25(5)42-36(52)30(21-27-15-11-10-12-16-27)45-38(54)33(24(4)9-2)47-35(51)28(18-20-57-7)43-26(6)48/h10-12,15-16,23-25,28-30,32-33H,8-9,13-14,17-22,40H2,1-7H3,(H,41,50)(H,42,52)(H,43,48)(H,44,53)(H,45,54)(H,46,49)(H,47,51)(H,55,56)/t23-,24-,25-,28-,29-,30-,32-,33-/m0/s1. The van der Waals surface area contributed by atoms with E-state index in [-0.39, 0.29) is 24.7 Å². The maximum absolute atomic E-state index is 13.8. The molecule has 7 amide bonds. The number of hydrogen-bond acceptors (Lipinski definition) is 10. The van der Waals surface area contributed by atoms with Gasteiger partial charge in [0.1, 0.15) is 36.3 Å². The van der Waals surface area contributed by atoms with Crippen molar-refractivity contribution in [3.05, 3.63) is 35.9 Å². The van der Waals surface area contributed by atoms with E-state index < -0.39 is 90.1 Å². The fourth-order valence-electron chi connectivity index (χ4n) is 5.66. The molecule has 1 aromatic carbocycles. The number of carbonyl (C=O) groups excluding carboxylic acids is 7. The lowest BCUT2D eigenvalue weighted by atomic mass is 9.96. The van der Waals surface area contributed by atoms with Gasteiger partial charge in [0.15, 0.2) is 0 Å². The molecule has 1 aromatic rings. The summed E-state index contributed by atoms with van der Waals surface area (Å²) in [5, 5.41) is 27.8. The first-order valence-corrected chi connectivity index (χ1v) is 20.9. The Kier molecular flexibility index (Phi) is 23.8. The molecule has 8 atom stereocenters. The highest BCUT2D eigenvalue weighted by atomic mass is 32.2. The molecule has 17 nitrogen and oxygen atoms in total. The summed E-state index contributed by atoms with van der Waals surface area (Å²) in [5.41, 5.74) is 6.21. The third-order valence-electron chi connectivity index (χ3n) is 9.56. The molecule has 0 heterocycles. The van der Waals surface area contributed by atoms with Crippen LogP contribution in [0.5, 0.6) is 0 Å². The molecule has 10 N–H and O–H groups in total. The SMILES string of the molecule is CC[C@H](C)[C@H](NC(=O)CNC(=O)[C@H](C)NC(=O)[C@H](Cc1ccccc1)NC(=O)[C@@H](NC(=O)[C@H](CCSC)NC(C)=O)[C@@H](C)CC)C(=O)N[C@@H](CCCCN)C(=O)O. The minimum atomic E-state index is -1.21. The van der Waals surface area contributed by atoms with Crippen molar-refractivity contribution in [2.45, 2.75) is 123 Å². The smallest absolute Gasteiger partial charge is 0.326 e. The number of rotatable bonds is 27. The van der Waals surface area contributed by atoms with Crippen molar-refractivity contribution in [3.63, 3.8) is 0 Å². The van der Waals surface area contributed by atoms with E-state index in [4.69, 9.17) is 5.73 Å².